The van der Waals surface area contributed by atoms with E-state index < -0.39 is 12.0 Å². The van der Waals surface area contributed by atoms with Crippen molar-refractivity contribution in [1.29, 1.82) is 0 Å². The van der Waals surface area contributed by atoms with Crippen molar-refractivity contribution in [3.63, 3.8) is 0 Å². The first kappa shape index (κ1) is 16.4. The Kier molecular flexibility index (Phi) is 4.97. The van der Waals surface area contributed by atoms with E-state index in [1.54, 1.807) is 13.0 Å². The van der Waals surface area contributed by atoms with Crippen LogP contribution >= 0.6 is 0 Å². The van der Waals surface area contributed by atoms with Gasteiger partial charge in [0.2, 0.25) is 0 Å². The smallest absolute Gasteiger partial charge is 0.325 e. The van der Waals surface area contributed by atoms with Crippen LogP contribution in [-0.4, -0.2) is 42.3 Å². The number of carbonyl (C=O) groups is 1. The Balaban J connectivity index is 1.76. The van der Waals surface area contributed by atoms with E-state index in [9.17, 15) is 14.3 Å². The number of carboxylic acids is 1. The summed E-state index contributed by atoms with van der Waals surface area (Å²) in [7, 11) is 0. The summed E-state index contributed by atoms with van der Waals surface area (Å²) in [6, 6.07) is 3.70. The summed E-state index contributed by atoms with van der Waals surface area (Å²) in [6.45, 7) is 5.01. The lowest BCUT2D eigenvalue weighted by Gasteiger charge is -2.29. The first-order chi connectivity index (χ1) is 11.1. The number of aliphatic carboxylic acids is 1. The Bertz CT molecular complexity index is 571. The highest BCUT2D eigenvalue weighted by Crippen LogP contribution is 2.36. The van der Waals surface area contributed by atoms with Gasteiger partial charge in [-0.25, -0.2) is 4.39 Å². The number of carboxylic acid groups (broad SMARTS) is 1. The van der Waals surface area contributed by atoms with E-state index in [1.807, 2.05) is 4.90 Å². The molecule has 2 aliphatic rings. The minimum Gasteiger partial charge on any atom is -0.480 e. The van der Waals surface area contributed by atoms with E-state index in [0.29, 0.717) is 23.0 Å². The highest BCUT2D eigenvalue weighted by Gasteiger charge is 2.37. The van der Waals surface area contributed by atoms with E-state index in [1.165, 1.54) is 12.1 Å². The molecule has 1 N–H and O–H groups in total. The Hall–Kier alpha value is -1.46. The second-order valence-electron chi connectivity index (χ2n) is 6.74. The predicted molar refractivity (Wildman–Crippen MR) is 84.7 cm³/mol. The van der Waals surface area contributed by atoms with Gasteiger partial charge in [-0.15, -0.1) is 0 Å². The number of ether oxygens (including phenoxy) is 1. The maximum atomic E-state index is 13.3. The molecule has 2 saturated heterocycles. The van der Waals surface area contributed by atoms with Crippen LogP contribution in [0.1, 0.15) is 36.4 Å². The zero-order valence-corrected chi connectivity index (χ0v) is 13.5. The maximum Gasteiger partial charge on any atom is 0.325 e. The van der Waals surface area contributed by atoms with Crippen LogP contribution in [0.25, 0.3) is 0 Å². The predicted octanol–water partition coefficient (Wildman–Crippen LogP) is 3.01. The van der Waals surface area contributed by atoms with Crippen LogP contribution in [0.15, 0.2) is 18.2 Å². The van der Waals surface area contributed by atoms with Gasteiger partial charge in [0.1, 0.15) is 11.9 Å². The minimum atomic E-state index is -0.854. The van der Waals surface area contributed by atoms with Gasteiger partial charge in [0, 0.05) is 19.8 Å². The van der Waals surface area contributed by atoms with Gasteiger partial charge in [-0.05, 0) is 67.8 Å². The SMILES string of the molecule is Cc1cc(F)ccc1C(C(=O)O)N1CCC(C2CCOCC2)C1. The molecule has 2 heterocycles. The molecule has 126 valence electrons. The molecule has 1 aromatic rings. The third kappa shape index (κ3) is 3.56. The summed E-state index contributed by atoms with van der Waals surface area (Å²) >= 11 is 0. The molecule has 0 radical (unpaired) electrons. The van der Waals surface area contributed by atoms with E-state index in [0.717, 1.165) is 45.6 Å². The van der Waals surface area contributed by atoms with Crippen LogP contribution < -0.4 is 0 Å². The molecule has 5 heteroatoms. The third-order valence-electron chi connectivity index (χ3n) is 5.31. The molecule has 0 aliphatic carbocycles. The molecule has 2 aliphatic heterocycles. The number of rotatable bonds is 4. The lowest BCUT2D eigenvalue weighted by Crippen LogP contribution is -2.34. The van der Waals surface area contributed by atoms with Gasteiger partial charge < -0.3 is 9.84 Å². The van der Waals surface area contributed by atoms with Crippen molar-refractivity contribution < 1.29 is 19.0 Å². The van der Waals surface area contributed by atoms with E-state index in [4.69, 9.17) is 4.74 Å². The van der Waals surface area contributed by atoms with Crippen molar-refractivity contribution in [2.75, 3.05) is 26.3 Å². The first-order valence-electron chi connectivity index (χ1n) is 8.37. The number of likely N-dealkylation sites (tertiary alicyclic amines) is 1. The Labute approximate surface area is 136 Å². The molecule has 4 nitrogen and oxygen atoms in total. The van der Waals surface area contributed by atoms with E-state index in [-0.39, 0.29) is 5.82 Å². The van der Waals surface area contributed by atoms with Crippen LogP contribution in [0.2, 0.25) is 0 Å². The summed E-state index contributed by atoms with van der Waals surface area (Å²) < 4.78 is 18.7. The molecule has 23 heavy (non-hydrogen) atoms. The average Bonchev–Trinajstić information content (AvgIpc) is 3.00. The fraction of sp³-hybridized carbons (Fsp3) is 0.611. The van der Waals surface area contributed by atoms with Crippen molar-refractivity contribution in [2.45, 2.75) is 32.2 Å². The Morgan fingerprint density at radius 2 is 2.04 bits per heavy atom. The van der Waals surface area contributed by atoms with Crippen molar-refractivity contribution >= 4 is 5.97 Å². The Morgan fingerprint density at radius 1 is 1.30 bits per heavy atom. The summed E-state index contributed by atoms with van der Waals surface area (Å²) in [4.78, 5) is 13.9. The Morgan fingerprint density at radius 3 is 2.70 bits per heavy atom. The maximum absolute atomic E-state index is 13.3. The van der Waals surface area contributed by atoms with Crippen molar-refractivity contribution in [3.8, 4) is 0 Å². The topological polar surface area (TPSA) is 49.8 Å². The van der Waals surface area contributed by atoms with Crippen LogP contribution in [0.3, 0.4) is 0 Å². The summed E-state index contributed by atoms with van der Waals surface area (Å²) in [5.41, 5.74) is 1.40. The van der Waals surface area contributed by atoms with Gasteiger partial charge in [-0.2, -0.15) is 0 Å². The molecule has 0 amide bonds. The van der Waals surface area contributed by atoms with Crippen molar-refractivity contribution in [2.24, 2.45) is 11.8 Å². The monoisotopic (exact) mass is 321 g/mol. The van der Waals surface area contributed by atoms with Crippen LogP contribution in [-0.2, 0) is 9.53 Å². The van der Waals surface area contributed by atoms with Crippen molar-refractivity contribution in [3.05, 3.63) is 35.1 Å². The largest absolute Gasteiger partial charge is 0.480 e. The molecule has 3 rings (SSSR count). The summed E-state index contributed by atoms with van der Waals surface area (Å²) in [5.74, 6) is 0.00300. The van der Waals surface area contributed by atoms with Gasteiger partial charge in [0.15, 0.2) is 0 Å². The summed E-state index contributed by atoms with van der Waals surface area (Å²) in [6.07, 6.45) is 3.19. The normalized spacial score (nSPS) is 24.7. The van der Waals surface area contributed by atoms with Crippen LogP contribution in [0.4, 0.5) is 4.39 Å². The number of aryl methyl sites for hydroxylation is 1. The minimum absolute atomic E-state index is 0.322. The van der Waals surface area contributed by atoms with E-state index >= 15 is 0 Å². The molecule has 0 aromatic heterocycles. The molecular formula is C18H24FNO3. The lowest BCUT2D eigenvalue weighted by molar-refractivity contribution is -0.143. The molecule has 2 fully saturated rings. The molecule has 0 saturated carbocycles. The number of benzene rings is 1. The van der Waals surface area contributed by atoms with Crippen LogP contribution in [0.5, 0.6) is 0 Å². The zero-order chi connectivity index (χ0) is 16.4. The lowest BCUT2D eigenvalue weighted by atomic mass is 9.85. The number of hydrogen-bond donors (Lipinski definition) is 1. The highest BCUT2D eigenvalue weighted by molar-refractivity contribution is 5.76. The fourth-order valence-electron chi connectivity index (χ4n) is 4.05. The molecule has 2 unspecified atom stereocenters. The average molecular weight is 321 g/mol. The third-order valence-corrected chi connectivity index (χ3v) is 5.31. The van der Waals surface area contributed by atoms with Gasteiger partial charge in [-0.1, -0.05) is 6.07 Å². The summed E-state index contributed by atoms with van der Waals surface area (Å²) in [5, 5.41) is 9.72. The van der Waals surface area contributed by atoms with Crippen LogP contribution in [0, 0.1) is 24.6 Å². The van der Waals surface area contributed by atoms with Gasteiger partial charge >= 0.3 is 5.97 Å². The molecule has 0 bridgehead atoms. The number of halogens is 1. The standard InChI is InChI=1S/C18H24FNO3/c1-12-10-15(19)2-3-16(12)17(18(21)22)20-7-4-14(11-20)13-5-8-23-9-6-13/h2-3,10,13-14,17H,4-9,11H2,1H3,(H,21,22). The number of nitrogens with zero attached hydrogens (tertiary/aromatic N) is 1. The second kappa shape index (κ2) is 6.97. The van der Waals surface area contributed by atoms with E-state index in [2.05, 4.69) is 0 Å². The van der Waals surface area contributed by atoms with Crippen molar-refractivity contribution in [1.82, 2.24) is 4.90 Å². The molecule has 1 aromatic carbocycles. The second-order valence-corrected chi connectivity index (χ2v) is 6.74. The van der Waals surface area contributed by atoms with Gasteiger partial charge in [0.05, 0.1) is 0 Å². The fourth-order valence-corrected chi connectivity index (χ4v) is 4.05. The highest BCUT2D eigenvalue weighted by atomic mass is 19.1. The molecule has 0 spiro atoms. The molecule has 2 atom stereocenters. The van der Waals surface area contributed by atoms with Gasteiger partial charge in [0.25, 0.3) is 0 Å². The molecular weight excluding hydrogens is 297 g/mol. The number of hydrogen-bond acceptors (Lipinski definition) is 3. The van der Waals surface area contributed by atoms with Gasteiger partial charge in [-0.3, -0.25) is 9.69 Å². The first-order valence-corrected chi connectivity index (χ1v) is 8.37. The zero-order valence-electron chi connectivity index (χ0n) is 13.5. The quantitative estimate of drug-likeness (QED) is 0.926.